The Morgan fingerprint density at radius 1 is 1.17 bits per heavy atom. The summed E-state index contributed by atoms with van der Waals surface area (Å²) in [6.07, 6.45) is -1.18. The number of benzene rings is 2. The zero-order chi connectivity index (χ0) is 17.3. The van der Waals surface area contributed by atoms with Crippen molar-refractivity contribution in [3.8, 4) is 0 Å². The fourth-order valence-corrected chi connectivity index (χ4v) is 3.50. The highest BCUT2D eigenvalue weighted by Crippen LogP contribution is 2.27. The van der Waals surface area contributed by atoms with Crippen LogP contribution in [0.15, 0.2) is 62.3 Å². The Morgan fingerprint density at radius 2 is 1.88 bits per heavy atom. The van der Waals surface area contributed by atoms with Crippen LogP contribution >= 0.6 is 15.9 Å². The lowest BCUT2D eigenvalue weighted by Gasteiger charge is -2.09. The average Bonchev–Trinajstić information content (AvgIpc) is 2.96. The fraction of sp³-hybridized carbons (Fsp3) is 0.176. The summed E-state index contributed by atoms with van der Waals surface area (Å²) in [6.45, 7) is 1.44. The van der Waals surface area contributed by atoms with Crippen LogP contribution in [0.1, 0.15) is 17.4 Å². The molecule has 0 aliphatic heterocycles. The van der Waals surface area contributed by atoms with Crippen molar-refractivity contribution >= 4 is 37.0 Å². The number of furan rings is 1. The first-order chi connectivity index (χ1) is 11.3. The molecule has 1 aromatic heterocycles. The molecule has 1 N–H and O–H groups in total. The van der Waals surface area contributed by atoms with Crippen LogP contribution in [0.2, 0.25) is 0 Å². The maximum atomic E-state index is 12.1. The van der Waals surface area contributed by atoms with Crippen LogP contribution in [0.25, 0.3) is 11.0 Å². The summed E-state index contributed by atoms with van der Waals surface area (Å²) in [7, 11) is -3.93. The standard InChI is InChI=1S/C17H15BrO5S/c1-11-2-5-14(6-3-11)24(20,21)22-10-15(19)17-9-12-8-13(18)4-7-16(12)23-17/h2-9,15,19H,10H2,1H3/t15-/m0/s1. The molecule has 0 unspecified atom stereocenters. The molecule has 3 aromatic rings. The van der Waals surface area contributed by atoms with Crippen molar-refractivity contribution in [2.75, 3.05) is 6.61 Å². The first kappa shape index (κ1) is 17.2. The highest BCUT2D eigenvalue weighted by Gasteiger charge is 2.20. The summed E-state index contributed by atoms with van der Waals surface area (Å²) >= 11 is 3.36. The van der Waals surface area contributed by atoms with E-state index in [1.54, 1.807) is 24.3 Å². The van der Waals surface area contributed by atoms with Crippen molar-refractivity contribution < 1.29 is 22.1 Å². The van der Waals surface area contributed by atoms with E-state index in [0.29, 0.717) is 5.58 Å². The molecule has 0 spiro atoms. The van der Waals surface area contributed by atoms with Gasteiger partial charge in [0.05, 0.1) is 11.5 Å². The van der Waals surface area contributed by atoms with Gasteiger partial charge in [-0.15, -0.1) is 0 Å². The lowest BCUT2D eigenvalue weighted by Crippen LogP contribution is -2.13. The maximum absolute atomic E-state index is 12.1. The number of halogens is 1. The van der Waals surface area contributed by atoms with E-state index in [1.165, 1.54) is 12.1 Å². The molecule has 0 saturated heterocycles. The third-order valence-corrected chi connectivity index (χ3v) is 5.31. The zero-order valence-corrected chi connectivity index (χ0v) is 15.2. The van der Waals surface area contributed by atoms with Gasteiger partial charge in [-0.05, 0) is 43.3 Å². The van der Waals surface area contributed by atoms with E-state index >= 15 is 0 Å². The van der Waals surface area contributed by atoms with Gasteiger partial charge < -0.3 is 9.52 Å². The molecule has 2 aromatic carbocycles. The molecule has 0 fully saturated rings. The Labute approximate surface area is 148 Å². The molecule has 3 rings (SSSR count). The van der Waals surface area contributed by atoms with E-state index in [0.717, 1.165) is 15.4 Å². The third-order valence-electron chi connectivity index (χ3n) is 3.52. The summed E-state index contributed by atoms with van der Waals surface area (Å²) in [5.41, 5.74) is 1.55. The van der Waals surface area contributed by atoms with Crippen LogP contribution in [-0.2, 0) is 14.3 Å². The average molecular weight is 411 g/mol. The van der Waals surface area contributed by atoms with Gasteiger partial charge in [0.25, 0.3) is 10.1 Å². The predicted octanol–water partition coefficient (Wildman–Crippen LogP) is 3.94. The highest BCUT2D eigenvalue weighted by molar-refractivity contribution is 9.10. The topological polar surface area (TPSA) is 76.7 Å². The number of hydrogen-bond donors (Lipinski definition) is 1. The van der Waals surface area contributed by atoms with Gasteiger partial charge in [-0.25, -0.2) is 0 Å². The SMILES string of the molecule is Cc1ccc(S(=O)(=O)OC[C@H](O)c2cc3cc(Br)ccc3o2)cc1. The van der Waals surface area contributed by atoms with E-state index in [9.17, 15) is 13.5 Å². The lowest BCUT2D eigenvalue weighted by molar-refractivity contribution is 0.0932. The number of rotatable bonds is 5. The van der Waals surface area contributed by atoms with E-state index in [2.05, 4.69) is 15.9 Å². The summed E-state index contributed by atoms with van der Waals surface area (Å²) in [5.74, 6) is 0.252. The molecule has 1 heterocycles. The smallest absolute Gasteiger partial charge is 0.297 e. The predicted molar refractivity (Wildman–Crippen MR) is 93.2 cm³/mol. The summed E-state index contributed by atoms with van der Waals surface area (Å²) in [6, 6.07) is 13.4. The van der Waals surface area contributed by atoms with Crippen LogP contribution in [0.5, 0.6) is 0 Å². The summed E-state index contributed by atoms with van der Waals surface area (Å²) < 4.78 is 35.6. The Balaban J connectivity index is 1.74. The Hall–Kier alpha value is -1.67. The molecule has 0 saturated carbocycles. The molecule has 5 nitrogen and oxygen atoms in total. The van der Waals surface area contributed by atoms with Crippen LogP contribution in [0, 0.1) is 6.92 Å². The second-order valence-electron chi connectivity index (χ2n) is 5.40. The van der Waals surface area contributed by atoms with Crippen molar-refractivity contribution in [1.82, 2.24) is 0 Å². The number of aliphatic hydroxyl groups is 1. The van der Waals surface area contributed by atoms with E-state index < -0.39 is 22.8 Å². The van der Waals surface area contributed by atoms with Crippen molar-refractivity contribution in [3.05, 3.63) is 64.3 Å². The molecule has 0 bridgehead atoms. The molecule has 0 aliphatic rings. The van der Waals surface area contributed by atoms with Gasteiger partial charge in [0.1, 0.15) is 17.4 Å². The number of aryl methyl sites for hydroxylation is 1. The van der Waals surface area contributed by atoms with Crippen LogP contribution in [-0.4, -0.2) is 20.1 Å². The van der Waals surface area contributed by atoms with Crippen molar-refractivity contribution in [1.29, 1.82) is 0 Å². The quantitative estimate of drug-likeness (QED) is 0.644. The summed E-state index contributed by atoms with van der Waals surface area (Å²) in [5, 5.41) is 11.0. The third kappa shape index (κ3) is 3.70. The number of hydrogen-bond acceptors (Lipinski definition) is 5. The van der Waals surface area contributed by atoms with Crippen LogP contribution < -0.4 is 0 Å². The van der Waals surface area contributed by atoms with Crippen molar-refractivity contribution in [3.63, 3.8) is 0 Å². The van der Waals surface area contributed by atoms with Crippen molar-refractivity contribution in [2.24, 2.45) is 0 Å². The fourth-order valence-electron chi connectivity index (χ4n) is 2.21. The normalized spacial score (nSPS) is 13.3. The second-order valence-corrected chi connectivity index (χ2v) is 7.93. The van der Waals surface area contributed by atoms with Gasteiger partial charge in [0, 0.05) is 9.86 Å². The van der Waals surface area contributed by atoms with E-state index in [4.69, 9.17) is 8.60 Å². The van der Waals surface area contributed by atoms with Crippen LogP contribution in [0.3, 0.4) is 0 Å². The monoisotopic (exact) mass is 410 g/mol. The minimum atomic E-state index is -3.93. The van der Waals surface area contributed by atoms with E-state index in [1.807, 2.05) is 19.1 Å². The number of fused-ring (bicyclic) bond motifs is 1. The minimum Gasteiger partial charge on any atom is -0.458 e. The Kier molecular flexibility index (Phi) is 4.78. The Bertz CT molecular complexity index is 960. The lowest BCUT2D eigenvalue weighted by atomic mass is 10.2. The number of aliphatic hydroxyl groups excluding tert-OH is 1. The minimum absolute atomic E-state index is 0.0498. The first-order valence-electron chi connectivity index (χ1n) is 7.18. The Morgan fingerprint density at radius 3 is 2.58 bits per heavy atom. The molecule has 24 heavy (non-hydrogen) atoms. The van der Waals surface area contributed by atoms with Gasteiger partial charge in [-0.2, -0.15) is 8.42 Å². The summed E-state index contributed by atoms with van der Waals surface area (Å²) in [4.78, 5) is 0.0498. The van der Waals surface area contributed by atoms with Gasteiger partial charge in [0.15, 0.2) is 0 Å². The molecule has 1 atom stereocenters. The molecular weight excluding hydrogens is 396 g/mol. The molecule has 0 radical (unpaired) electrons. The zero-order valence-electron chi connectivity index (χ0n) is 12.8. The van der Waals surface area contributed by atoms with Gasteiger partial charge in [-0.1, -0.05) is 33.6 Å². The van der Waals surface area contributed by atoms with Crippen LogP contribution in [0.4, 0.5) is 0 Å². The maximum Gasteiger partial charge on any atom is 0.297 e. The second kappa shape index (κ2) is 6.68. The van der Waals surface area contributed by atoms with Gasteiger partial charge in [0.2, 0.25) is 0 Å². The molecule has 0 aliphatic carbocycles. The van der Waals surface area contributed by atoms with Gasteiger partial charge >= 0.3 is 0 Å². The van der Waals surface area contributed by atoms with Crippen molar-refractivity contribution in [2.45, 2.75) is 17.9 Å². The molecular formula is C17H15BrO5S. The molecule has 126 valence electrons. The first-order valence-corrected chi connectivity index (χ1v) is 9.38. The molecule has 7 heteroatoms. The molecule has 0 amide bonds. The largest absolute Gasteiger partial charge is 0.458 e. The van der Waals surface area contributed by atoms with Gasteiger partial charge in [-0.3, -0.25) is 4.18 Å². The van der Waals surface area contributed by atoms with E-state index in [-0.39, 0.29) is 10.7 Å². The highest BCUT2D eigenvalue weighted by atomic mass is 79.9.